The van der Waals surface area contributed by atoms with E-state index in [1.807, 2.05) is 0 Å². The van der Waals surface area contributed by atoms with Crippen LogP contribution in [-0.4, -0.2) is 42.3 Å². The minimum absolute atomic E-state index is 0.710. The second-order valence-corrected chi connectivity index (χ2v) is 6.37. The molecule has 1 heterocycles. The van der Waals surface area contributed by atoms with Crippen molar-refractivity contribution in [1.29, 1.82) is 0 Å². The Morgan fingerprint density at radius 3 is 2.29 bits per heavy atom. The van der Waals surface area contributed by atoms with Crippen LogP contribution in [0.15, 0.2) is 0 Å². The molecule has 2 N–H and O–H groups in total. The van der Waals surface area contributed by atoms with Crippen LogP contribution in [0.5, 0.6) is 0 Å². The van der Waals surface area contributed by atoms with Crippen molar-refractivity contribution in [3.63, 3.8) is 0 Å². The number of carbonyl (C=O) groups is 1. The minimum Gasteiger partial charge on any atom is -0.465 e. The summed E-state index contributed by atoms with van der Waals surface area (Å²) in [4.78, 5) is 12.4. The summed E-state index contributed by atoms with van der Waals surface area (Å²) < 4.78 is 0. The van der Waals surface area contributed by atoms with Crippen LogP contribution in [-0.2, 0) is 0 Å². The zero-order valence-electron chi connectivity index (χ0n) is 13.8. The van der Waals surface area contributed by atoms with Crippen molar-refractivity contribution in [2.24, 2.45) is 5.92 Å². The molecule has 0 bridgehead atoms. The third kappa shape index (κ3) is 8.97. The molecule has 1 aliphatic heterocycles. The smallest absolute Gasteiger partial charge is 0.407 e. The fourth-order valence-electron chi connectivity index (χ4n) is 3.05. The number of hydrogen-bond donors (Lipinski definition) is 2. The SMILES string of the molecule is CCCCCCCCCNCCC1CCN(C(=O)O)CC1. The highest BCUT2D eigenvalue weighted by atomic mass is 16.4. The van der Waals surface area contributed by atoms with Crippen LogP contribution in [0.4, 0.5) is 4.79 Å². The lowest BCUT2D eigenvalue weighted by Crippen LogP contribution is -2.38. The predicted molar refractivity (Wildman–Crippen MR) is 87.8 cm³/mol. The topological polar surface area (TPSA) is 52.6 Å². The van der Waals surface area contributed by atoms with Gasteiger partial charge in [0, 0.05) is 13.1 Å². The molecule has 0 spiro atoms. The molecule has 0 saturated carbocycles. The maximum absolute atomic E-state index is 10.8. The molecule has 4 heteroatoms. The summed E-state index contributed by atoms with van der Waals surface area (Å²) >= 11 is 0. The van der Waals surface area contributed by atoms with Gasteiger partial charge >= 0.3 is 6.09 Å². The number of nitrogens with one attached hydrogen (secondary N) is 1. The number of rotatable bonds is 11. The summed E-state index contributed by atoms with van der Waals surface area (Å²) in [5, 5.41) is 12.4. The third-order valence-corrected chi connectivity index (χ3v) is 4.57. The van der Waals surface area contributed by atoms with Gasteiger partial charge in [0.15, 0.2) is 0 Å². The standard InChI is InChI=1S/C17H34N2O2/c1-2-3-4-5-6-7-8-12-18-13-9-16-10-14-19(15-11-16)17(20)21/h16,18H,2-15H2,1H3,(H,20,21). The van der Waals surface area contributed by atoms with Crippen LogP contribution in [0, 0.1) is 5.92 Å². The highest BCUT2D eigenvalue weighted by Gasteiger charge is 2.21. The number of amides is 1. The van der Waals surface area contributed by atoms with E-state index in [2.05, 4.69) is 12.2 Å². The first kappa shape index (κ1) is 18.3. The van der Waals surface area contributed by atoms with Crippen molar-refractivity contribution in [3.05, 3.63) is 0 Å². The molecule has 21 heavy (non-hydrogen) atoms. The van der Waals surface area contributed by atoms with Crippen LogP contribution in [0.1, 0.15) is 71.1 Å². The Morgan fingerprint density at radius 1 is 1.05 bits per heavy atom. The van der Waals surface area contributed by atoms with Gasteiger partial charge < -0.3 is 15.3 Å². The molecule has 0 radical (unpaired) electrons. The molecule has 1 saturated heterocycles. The van der Waals surface area contributed by atoms with Crippen molar-refractivity contribution in [3.8, 4) is 0 Å². The molecule has 1 rings (SSSR count). The van der Waals surface area contributed by atoms with Gasteiger partial charge in [0.2, 0.25) is 0 Å². The highest BCUT2D eigenvalue weighted by molar-refractivity contribution is 5.64. The molecular weight excluding hydrogens is 264 g/mol. The Morgan fingerprint density at radius 2 is 1.67 bits per heavy atom. The molecule has 4 nitrogen and oxygen atoms in total. The molecule has 124 valence electrons. The zero-order chi connectivity index (χ0) is 15.3. The fourth-order valence-corrected chi connectivity index (χ4v) is 3.05. The van der Waals surface area contributed by atoms with Crippen LogP contribution in [0.3, 0.4) is 0 Å². The molecule has 0 aromatic rings. The van der Waals surface area contributed by atoms with E-state index in [1.165, 1.54) is 51.4 Å². The molecular formula is C17H34N2O2. The number of hydrogen-bond acceptors (Lipinski definition) is 2. The summed E-state index contributed by atoms with van der Waals surface area (Å²) in [6.07, 6.45) is 12.1. The van der Waals surface area contributed by atoms with Crippen LogP contribution < -0.4 is 5.32 Å². The van der Waals surface area contributed by atoms with Gasteiger partial charge in [-0.3, -0.25) is 0 Å². The van der Waals surface area contributed by atoms with Crippen LogP contribution in [0.25, 0.3) is 0 Å². The van der Waals surface area contributed by atoms with E-state index >= 15 is 0 Å². The van der Waals surface area contributed by atoms with Crippen molar-refractivity contribution < 1.29 is 9.90 Å². The lowest BCUT2D eigenvalue weighted by atomic mass is 9.94. The van der Waals surface area contributed by atoms with Crippen molar-refractivity contribution >= 4 is 6.09 Å². The summed E-state index contributed by atoms with van der Waals surface area (Å²) in [7, 11) is 0. The third-order valence-electron chi connectivity index (χ3n) is 4.57. The second-order valence-electron chi connectivity index (χ2n) is 6.37. The first-order valence-corrected chi connectivity index (χ1v) is 8.92. The molecule has 0 atom stereocenters. The van der Waals surface area contributed by atoms with Gasteiger partial charge in [-0.2, -0.15) is 0 Å². The number of nitrogens with zero attached hydrogens (tertiary/aromatic N) is 1. The molecule has 0 aromatic carbocycles. The Hall–Kier alpha value is -0.770. The quantitative estimate of drug-likeness (QED) is 0.564. The minimum atomic E-state index is -0.759. The fraction of sp³-hybridized carbons (Fsp3) is 0.941. The van der Waals surface area contributed by atoms with E-state index in [0.717, 1.165) is 39.0 Å². The van der Waals surface area contributed by atoms with Crippen molar-refractivity contribution in [1.82, 2.24) is 10.2 Å². The first-order valence-electron chi connectivity index (χ1n) is 8.92. The average Bonchev–Trinajstić information content (AvgIpc) is 2.49. The van der Waals surface area contributed by atoms with Gasteiger partial charge in [-0.05, 0) is 44.7 Å². The van der Waals surface area contributed by atoms with Crippen LogP contribution in [0.2, 0.25) is 0 Å². The molecule has 0 aromatic heterocycles. The van der Waals surface area contributed by atoms with Gasteiger partial charge in [0.1, 0.15) is 0 Å². The molecule has 0 aliphatic carbocycles. The number of likely N-dealkylation sites (tertiary alicyclic amines) is 1. The van der Waals surface area contributed by atoms with Gasteiger partial charge in [0.05, 0.1) is 0 Å². The van der Waals surface area contributed by atoms with Gasteiger partial charge in [-0.1, -0.05) is 45.4 Å². The summed E-state index contributed by atoms with van der Waals surface area (Å²) in [5.74, 6) is 0.710. The van der Waals surface area contributed by atoms with E-state index in [1.54, 1.807) is 4.90 Å². The molecule has 1 fully saturated rings. The number of carboxylic acid groups (broad SMARTS) is 1. The Kier molecular flexibility index (Phi) is 10.3. The predicted octanol–water partition coefficient (Wildman–Crippen LogP) is 4.11. The van der Waals surface area contributed by atoms with Crippen LogP contribution >= 0.6 is 0 Å². The Balaban J connectivity index is 1.84. The molecule has 1 amide bonds. The highest BCUT2D eigenvalue weighted by Crippen LogP contribution is 2.19. The molecule has 1 aliphatic rings. The lowest BCUT2D eigenvalue weighted by Gasteiger charge is -2.29. The monoisotopic (exact) mass is 298 g/mol. The summed E-state index contributed by atoms with van der Waals surface area (Å²) in [6.45, 7) is 5.93. The van der Waals surface area contributed by atoms with Gasteiger partial charge in [-0.25, -0.2) is 4.79 Å². The first-order chi connectivity index (χ1) is 10.2. The Bertz CT molecular complexity index is 264. The largest absolute Gasteiger partial charge is 0.465 e. The van der Waals surface area contributed by atoms with Gasteiger partial charge in [0.25, 0.3) is 0 Å². The van der Waals surface area contributed by atoms with E-state index in [0.29, 0.717) is 5.92 Å². The van der Waals surface area contributed by atoms with Gasteiger partial charge in [-0.15, -0.1) is 0 Å². The maximum Gasteiger partial charge on any atom is 0.407 e. The molecule has 0 unspecified atom stereocenters. The number of unbranched alkanes of at least 4 members (excludes halogenated alkanes) is 6. The zero-order valence-corrected chi connectivity index (χ0v) is 13.8. The van der Waals surface area contributed by atoms with E-state index < -0.39 is 6.09 Å². The van der Waals surface area contributed by atoms with Crippen molar-refractivity contribution in [2.75, 3.05) is 26.2 Å². The maximum atomic E-state index is 10.8. The van der Waals surface area contributed by atoms with E-state index in [-0.39, 0.29) is 0 Å². The second kappa shape index (κ2) is 11.8. The Labute approximate surface area is 130 Å². The summed E-state index contributed by atoms with van der Waals surface area (Å²) in [5.41, 5.74) is 0. The average molecular weight is 298 g/mol. The summed E-state index contributed by atoms with van der Waals surface area (Å²) in [6, 6.07) is 0. The lowest BCUT2D eigenvalue weighted by molar-refractivity contribution is 0.123. The normalized spacial score (nSPS) is 16.3. The van der Waals surface area contributed by atoms with E-state index in [9.17, 15) is 4.79 Å². The number of piperidine rings is 1. The van der Waals surface area contributed by atoms with Crippen molar-refractivity contribution in [2.45, 2.75) is 71.1 Å². The van der Waals surface area contributed by atoms with E-state index in [4.69, 9.17) is 5.11 Å².